The van der Waals surface area contributed by atoms with Crippen molar-refractivity contribution in [1.29, 1.82) is 0 Å². The van der Waals surface area contributed by atoms with Gasteiger partial charge < -0.3 is 9.15 Å². The summed E-state index contributed by atoms with van der Waals surface area (Å²) in [6, 6.07) is 8.81. The van der Waals surface area contributed by atoms with E-state index in [9.17, 15) is 9.59 Å². The van der Waals surface area contributed by atoms with Crippen LogP contribution in [0, 0.1) is 13.8 Å². The molecule has 0 aliphatic carbocycles. The molecule has 8 nitrogen and oxygen atoms in total. The second kappa shape index (κ2) is 6.88. The number of rotatable bonds is 4. The predicted molar refractivity (Wildman–Crippen MR) is 101 cm³/mol. The van der Waals surface area contributed by atoms with Crippen LogP contribution >= 0.6 is 0 Å². The van der Waals surface area contributed by atoms with Gasteiger partial charge in [0.05, 0.1) is 0 Å². The summed E-state index contributed by atoms with van der Waals surface area (Å²) in [5, 5.41) is 4.88. The number of hydrogen-bond donors (Lipinski definition) is 0. The summed E-state index contributed by atoms with van der Waals surface area (Å²) in [4.78, 5) is 32.7. The molecule has 0 aliphatic heterocycles. The van der Waals surface area contributed by atoms with Crippen molar-refractivity contribution in [1.82, 2.24) is 19.6 Å². The van der Waals surface area contributed by atoms with E-state index >= 15 is 0 Å². The Hall–Kier alpha value is -3.55. The maximum Gasteiger partial charge on any atom is 0.378 e. The monoisotopic (exact) mass is 378 g/mol. The third kappa shape index (κ3) is 3.24. The van der Waals surface area contributed by atoms with Crippen molar-refractivity contribution in [3.63, 3.8) is 0 Å². The quantitative estimate of drug-likeness (QED) is 0.398. The number of esters is 1. The van der Waals surface area contributed by atoms with Gasteiger partial charge in [0.15, 0.2) is 0 Å². The average molecular weight is 378 g/mol. The van der Waals surface area contributed by atoms with Crippen molar-refractivity contribution in [2.75, 3.05) is 0 Å². The van der Waals surface area contributed by atoms with Crippen LogP contribution in [-0.2, 0) is 17.8 Å². The zero-order chi connectivity index (χ0) is 19.8. The molecule has 1 aromatic carbocycles. The summed E-state index contributed by atoms with van der Waals surface area (Å²) in [5.74, 6) is -0.432. The Morgan fingerprint density at radius 1 is 1.18 bits per heavy atom. The normalized spacial score (nSPS) is 11.2. The second-order valence-electron chi connectivity index (χ2n) is 6.54. The molecule has 0 atom stereocenters. The first-order chi connectivity index (χ1) is 13.4. The van der Waals surface area contributed by atoms with Gasteiger partial charge in [-0.3, -0.25) is 0 Å². The number of hydrogen-bond acceptors (Lipinski definition) is 7. The third-order valence-corrected chi connectivity index (χ3v) is 4.46. The smallest absolute Gasteiger partial charge is 0.378 e. The summed E-state index contributed by atoms with van der Waals surface area (Å²) < 4.78 is 12.1. The summed E-state index contributed by atoms with van der Waals surface area (Å²) >= 11 is 0. The molecule has 0 fully saturated rings. The fraction of sp³-hybridized carbons (Fsp3) is 0.250. The Morgan fingerprint density at radius 2 is 2.00 bits per heavy atom. The van der Waals surface area contributed by atoms with Crippen molar-refractivity contribution < 1.29 is 13.9 Å². The van der Waals surface area contributed by atoms with E-state index in [1.54, 1.807) is 0 Å². The van der Waals surface area contributed by atoms with Crippen LogP contribution in [0.2, 0.25) is 0 Å². The first-order valence-corrected chi connectivity index (χ1v) is 8.88. The summed E-state index contributed by atoms with van der Waals surface area (Å²) in [6.45, 7) is 5.62. The van der Waals surface area contributed by atoms with E-state index in [1.807, 2.05) is 45.0 Å². The van der Waals surface area contributed by atoms with Crippen molar-refractivity contribution in [2.45, 2.75) is 33.8 Å². The van der Waals surface area contributed by atoms with Crippen LogP contribution < -0.4 is 5.63 Å². The van der Waals surface area contributed by atoms with Crippen LogP contribution in [0.4, 0.5) is 0 Å². The van der Waals surface area contributed by atoms with E-state index in [-0.39, 0.29) is 12.4 Å². The van der Waals surface area contributed by atoms with Gasteiger partial charge in [-0.05, 0) is 38.0 Å². The molecule has 0 amide bonds. The van der Waals surface area contributed by atoms with Crippen molar-refractivity contribution in [2.24, 2.45) is 0 Å². The maximum atomic E-state index is 12.4. The van der Waals surface area contributed by atoms with Gasteiger partial charge >= 0.3 is 11.6 Å². The van der Waals surface area contributed by atoms with Crippen LogP contribution in [0.3, 0.4) is 0 Å². The van der Waals surface area contributed by atoms with Crippen LogP contribution in [0.15, 0.2) is 39.5 Å². The number of fused-ring (bicyclic) bond motifs is 2. The Labute approximate surface area is 159 Å². The molecule has 0 bridgehead atoms. The van der Waals surface area contributed by atoms with Gasteiger partial charge in [0.25, 0.3) is 11.6 Å². The van der Waals surface area contributed by atoms with E-state index in [1.165, 1.54) is 10.6 Å². The standard InChI is InChI=1S/C20H18N4O4/c1-4-13-5-6-15-14(9-17(25)28-16(15)8-13)10-27-19(26)18-22-20-21-11(2)7-12(3)24(20)23-18/h5-9H,4,10H2,1-3H3. The van der Waals surface area contributed by atoms with E-state index in [0.29, 0.717) is 16.9 Å². The summed E-state index contributed by atoms with van der Waals surface area (Å²) in [5.41, 5.74) is 3.19. The molecule has 0 aliphatic rings. The Kier molecular flexibility index (Phi) is 4.38. The van der Waals surface area contributed by atoms with Crippen LogP contribution in [0.5, 0.6) is 0 Å². The molecule has 4 aromatic rings. The minimum absolute atomic E-state index is 0.0817. The molecule has 0 radical (unpaired) electrons. The van der Waals surface area contributed by atoms with E-state index < -0.39 is 11.6 Å². The third-order valence-electron chi connectivity index (χ3n) is 4.46. The van der Waals surface area contributed by atoms with Gasteiger partial charge in [-0.15, -0.1) is 5.10 Å². The molecular formula is C20H18N4O4. The predicted octanol–water partition coefficient (Wildman–Crippen LogP) is 2.77. The number of aromatic nitrogens is 4. The molecule has 0 saturated heterocycles. The lowest BCUT2D eigenvalue weighted by Gasteiger charge is -2.07. The minimum Gasteiger partial charge on any atom is -0.455 e. The Morgan fingerprint density at radius 3 is 2.79 bits per heavy atom. The first-order valence-electron chi connectivity index (χ1n) is 8.88. The zero-order valence-corrected chi connectivity index (χ0v) is 15.7. The average Bonchev–Trinajstić information content (AvgIpc) is 3.09. The lowest BCUT2D eigenvalue weighted by molar-refractivity contribution is 0.0459. The highest BCUT2D eigenvalue weighted by Crippen LogP contribution is 2.20. The van der Waals surface area contributed by atoms with E-state index in [0.717, 1.165) is 28.8 Å². The van der Waals surface area contributed by atoms with Gasteiger partial charge in [0.1, 0.15) is 12.2 Å². The highest BCUT2D eigenvalue weighted by Gasteiger charge is 2.17. The topological polar surface area (TPSA) is 99.6 Å². The lowest BCUT2D eigenvalue weighted by atomic mass is 10.1. The molecule has 0 unspecified atom stereocenters. The van der Waals surface area contributed by atoms with Gasteiger partial charge in [-0.25, -0.2) is 19.1 Å². The Bertz CT molecular complexity index is 1270. The van der Waals surface area contributed by atoms with Crippen LogP contribution in [-0.4, -0.2) is 25.6 Å². The van der Waals surface area contributed by atoms with E-state index in [2.05, 4.69) is 15.1 Å². The molecule has 3 heterocycles. The van der Waals surface area contributed by atoms with Crippen molar-refractivity contribution in [3.05, 3.63) is 69.1 Å². The van der Waals surface area contributed by atoms with Crippen LogP contribution in [0.1, 0.15) is 40.1 Å². The second-order valence-corrected chi connectivity index (χ2v) is 6.54. The first kappa shape index (κ1) is 17.8. The largest absolute Gasteiger partial charge is 0.455 e. The summed E-state index contributed by atoms with van der Waals surface area (Å²) in [6.07, 6.45) is 0.825. The number of nitrogens with zero attached hydrogens (tertiary/aromatic N) is 4. The number of carbonyl (C=O) groups excluding carboxylic acids is 1. The highest BCUT2D eigenvalue weighted by molar-refractivity contribution is 5.86. The molecule has 8 heteroatoms. The SMILES string of the molecule is CCc1ccc2c(COC(=O)c3nc4nc(C)cc(C)n4n3)cc(=O)oc2c1. The Balaban J connectivity index is 1.61. The molecule has 4 rings (SSSR count). The van der Waals surface area contributed by atoms with Crippen LogP contribution in [0.25, 0.3) is 16.7 Å². The molecule has 0 saturated carbocycles. The zero-order valence-electron chi connectivity index (χ0n) is 15.7. The van der Waals surface area contributed by atoms with Gasteiger partial charge in [-0.1, -0.05) is 19.1 Å². The van der Waals surface area contributed by atoms with Crippen molar-refractivity contribution >= 4 is 22.7 Å². The van der Waals surface area contributed by atoms with Gasteiger partial charge in [0.2, 0.25) is 0 Å². The number of aryl methyl sites for hydroxylation is 3. The van der Waals surface area contributed by atoms with E-state index in [4.69, 9.17) is 9.15 Å². The molecule has 142 valence electrons. The molecule has 0 N–H and O–H groups in total. The number of carbonyl (C=O) groups is 1. The fourth-order valence-electron chi connectivity index (χ4n) is 3.07. The fourth-order valence-corrected chi connectivity index (χ4v) is 3.07. The number of benzene rings is 1. The van der Waals surface area contributed by atoms with Crippen molar-refractivity contribution in [3.8, 4) is 0 Å². The summed E-state index contributed by atoms with van der Waals surface area (Å²) in [7, 11) is 0. The molecule has 0 spiro atoms. The minimum atomic E-state index is -0.686. The maximum absolute atomic E-state index is 12.4. The van der Waals surface area contributed by atoms with Gasteiger partial charge in [-0.2, -0.15) is 4.98 Å². The molecular weight excluding hydrogens is 360 g/mol. The molecule has 28 heavy (non-hydrogen) atoms. The number of ether oxygens (including phenoxy) is 1. The molecule has 3 aromatic heterocycles. The highest BCUT2D eigenvalue weighted by atomic mass is 16.5. The van der Waals surface area contributed by atoms with Gasteiger partial charge in [0, 0.05) is 28.4 Å². The lowest BCUT2D eigenvalue weighted by Crippen LogP contribution is -2.10.